The molecule has 0 bridgehead atoms. The number of hydrogen-bond donors (Lipinski definition) is 0. The van der Waals surface area contributed by atoms with Gasteiger partial charge in [-0.25, -0.2) is 13.4 Å². The molecule has 0 fully saturated rings. The molecule has 0 radical (unpaired) electrons. The van der Waals surface area contributed by atoms with Crippen LogP contribution in [0.5, 0.6) is 5.75 Å². The summed E-state index contributed by atoms with van der Waals surface area (Å²) in [7, 11) is 1.98. The van der Waals surface area contributed by atoms with Gasteiger partial charge in [-0.1, -0.05) is 29.0 Å². The van der Waals surface area contributed by atoms with Crippen LogP contribution in [0.3, 0.4) is 0 Å². The molecule has 3 rings (SSSR count). The van der Waals surface area contributed by atoms with Crippen LogP contribution < -0.4 is 9.64 Å². The lowest BCUT2D eigenvalue weighted by Gasteiger charge is -2.21. The third kappa shape index (κ3) is 6.01. The van der Waals surface area contributed by atoms with Crippen LogP contribution in [0.15, 0.2) is 41.3 Å². The second-order valence-corrected chi connectivity index (χ2v) is 12.0. The highest BCUT2D eigenvalue weighted by atomic mass is 35.5. The Morgan fingerprint density at radius 3 is 2.50 bits per heavy atom. The summed E-state index contributed by atoms with van der Waals surface area (Å²) in [6, 6.07) is 9.67. The lowest BCUT2D eigenvalue weighted by atomic mass is 10.2. The zero-order chi connectivity index (χ0) is 24.3. The average Bonchev–Trinajstić information content (AvgIpc) is 3.22. The van der Waals surface area contributed by atoms with Crippen LogP contribution in [0.2, 0.25) is 5.02 Å². The number of amides is 1. The zero-order valence-electron chi connectivity index (χ0n) is 19.7. The minimum atomic E-state index is -3.51. The molecule has 0 spiro atoms. The highest BCUT2D eigenvalue weighted by Gasteiger charge is 2.25. The minimum Gasteiger partial charge on any atom is -0.494 e. The number of methoxy groups -OCH3 is 1. The van der Waals surface area contributed by atoms with Crippen LogP contribution >= 0.6 is 35.3 Å². The predicted octanol–water partition coefficient (Wildman–Crippen LogP) is 5.16. The van der Waals surface area contributed by atoms with E-state index in [4.69, 9.17) is 16.3 Å². The van der Waals surface area contributed by atoms with Crippen molar-refractivity contribution in [2.75, 3.05) is 39.2 Å². The highest BCUT2D eigenvalue weighted by molar-refractivity contribution is 7.92. The van der Waals surface area contributed by atoms with Crippen LogP contribution in [0, 0.1) is 0 Å². The Balaban J connectivity index is 0.00000408. The second-order valence-electron chi connectivity index (χ2n) is 8.16. The molecule has 2 aromatic carbocycles. The zero-order valence-corrected chi connectivity index (χ0v) is 22.9. The summed E-state index contributed by atoms with van der Waals surface area (Å²) >= 11 is 7.69. The summed E-state index contributed by atoms with van der Waals surface area (Å²) in [5, 5.41) is 0.426. The molecule has 0 unspecified atom stereocenters. The van der Waals surface area contributed by atoms with Gasteiger partial charge in [-0.2, -0.15) is 0 Å². The molecule has 0 atom stereocenters. The molecule has 0 N–H and O–H groups in total. The van der Waals surface area contributed by atoms with Gasteiger partial charge in [0.15, 0.2) is 15.0 Å². The number of thiazole rings is 1. The van der Waals surface area contributed by atoms with Gasteiger partial charge in [0.2, 0.25) is 0 Å². The molecule has 11 heteroatoms. The number of benzene rings is 2. The van der Waals surface area contributed by atoms with E-state index in [1.165, 1.54) is 23.5 Å². The van der Waals surface area contributed by atoms with E-state index >= 15 is 0 Å². The first kappa shape index (κ1) is 28.3. The van der Waals surface area contributed by atoms with Gasteiger partial charge in [-0.15, -0.1) is 12.4 Å². The van der Waals surface area contributed by atoms with Crippen molar-refractivity contribution in [3.8, 4) is 5.75 Å². The molecule has 0 saturated heterocycles. The van der Waals surface area contributed by atoms with Gasteiger partial charge in [0.05, 0.1) is 27.0 Å². The molecule has 0 aliphatic rings. The second kappa shape index (κ2) is 11.7. The SMILES string of the molecule is COc1ccc(Cl)c2sc(N(CCCN(C)C)C(=O)c3cccc(S(=O)(=O)C(C)C)c3)nc12.Cl. The molecular formula is C23H29Cl2N3O4S2. The number of nitrogens with zero attached hydrogens (tertiary/aromatic N) is 3. The predicted molar refractivity (Wildman–Crippen MR) is 142 cm³/mol. The minimum absolute atomic E-state index is 0. The Bertz CT molecular complexity index is 1260. The van der Waals surface area contributed by atoms with Crippen molar-refractivity contribution in [1.29, 1.82) is 0 Å². The first-order valence-corrected chi connectivity index (χ1v) is 13.2. The average molecular weight is 547 g/mol. The van der Waals surface area contributed by atoms with Crippen molar-refractivity contribution in [3.63, 3.8) is 0 Å². The molecule has 1 amide bonds. The fourth-order valence-corrected chi connectivity index (χ4v) is 5.67. The van der Waals surface area contributed by atoms with E-state index in [2.05, 4.69) is 4.98 Å². The summed E-state index contributed by atoms with van der Waals surface area (Å²) < 4.78 is 31.4. The molecular weight excluding hydrogens is 517 g/mol. The third-order valence-electron chi connectivity index (χ3n) is 5.16. The standard InChI is InChI=1S/C23H28ClN3O4S2.ClH/c1-15(2)33(29,30)17-9-6-8-16(14-17)22(28)27(13-7-12-26(3)4)23-25-20-19(31-5)11-10-18(24)21(20)32-23;/h6,8-11,14-15H,7,12-13H2,1-5H3;1H. The van der Waals surface area contributed by atoms with Gasteiger partial charge in [0.1, 0.15) is 11.3 Å². The fraction of sp³-hybridized carbons (Fsp3) is 0.391. The maximum absolute atomic E-state index is 13.6. The molecule has 0 aliphatic heterocycles. The van der Waals surface area contributed by atoms with Crippen molar-refractivity contribution in [2.24, 2.45) is 0 Å². The summed E-state index contributed by atoms with van der Waals surface area (Å²) in [4.78, 5) is 22.0. The number of rotatable bonds is 9. The molecule has 34 heavy (non-hydrogen) atoms. The Labute approximate surface area is 216 Å². The Morgan fingerprint density at radius 1 is 1.18 bits per heavy atom. The number of carbonyl (C=O) groups excluding carboxylic acids is 1. The topological polar surface area (TPSA) is 79.8 Å². The number of aromatic nitrogens is 1. The molecule has 0 aliphatic carbocycles. The normalized spacial score (nSPS) is 11.6. The quantitative estimate of drug-likeness (QED) is 0.369. The summed E-state index contributed by atoms with van der Waals surface area (Å²) in [5.41, 5.74) is 0.880. The number of anilines is 1. The largest absolute Gasteiger partial charge is 0.494 e. The van der Waals surface area contributed by atoms with Crippen molar-refractivity contribution < 1.29 is 17.9 Å². The van der Waals surface area contributed by atoms with Crippen molar-refractivity contribution in [2.45, 2.75) is 30.4 Å². The fourth-order valence-electron chi connectivity index (χ4n) is 3.28. The van der Waals surface area contributed by atoms with E-state index < -0.39 is 15.1 Å². The Morgan fingerprint density at radius 2 is 1.88 bits per heavy atom. The summed E-state index contributed by atoms with van der Waals surface area (Å²) in [6.45, 7) is 4.43. The van der Waals surface area contributed by atoms with E-state index in [0.29, 0.717) is 39.9 Å². The van der Waals surface area contributed by atoms with Crippen molar-refractivity contribution in [3.05, 3.63) is 47.0 Å². The molecule has 7 nitrogen and oxygen atoms in total. The Hall–Kier alpha value is -1.91. The van der Waals surface area contributed by atoms with Gasteiger partial charge in [-0.3, -0.25) is 9.69 Å². The van der Waals surface area contributed by atoms with Gasteiger partial charge >= 0.3 is 0 Å². The van der Waals surface area contributed by atoms with Crippen LogP contribution in [-0.2, 0) is 9.84 Å². The molecule has 186 valence electrons. The molecule has 1 aromatic heterocycles. The Kier molecular flexibility index (Phi) is 9.73. The number of hydrogen-bond acceptors (Lipinski definition) is 7. The lowest BCUT2D eigenvalue weighted by molar-refractivity contribution is 0.0986. The van der Waals surface area contributed by atoms with E-state index in [0.717, 1.165) is 11.2 Å². The maximum Gasteiger partial charge on any atom is 0.260 e. The van der Waals surface area contributed by atoms with E-state index in [1.807, 2.05) is 19.0 Å². The van der Waals surface area contributed by atoms with Crippen LogP contribution in [0.4, 0.5) is 5.13 Å². The maximum atomic E-state index is 13.6. The van der Waals surface area contributed by atoms with Gasteiger partial charge in [0.25, 0.3) is 5.91 Å². The molecule has 1 heterocycles. The van der Waals surface area contributed by atoms with Crippen LogP contribution in [0.25, 0.3) is 10.2 Å². The number of halogens is 2. The molecule has 0 saturated carbocycles. The van der Waals surface area contributed by atoms with Crippen LogP contribution in [0.1, 0.15) is 30.6 Å². The monoisotopic (exact) mass is 545 g/mol. The number of carbonyl (C=O) groups is 1. The number of ether oxygens (including phenoxy) is 1. The van der Waals surface area contributed by atoms with Gasteiger partial charge in [0, 0.05) is 12.1 Å². The highest BCUT2D eigenvalue weighted by Crippen LogP contribution is 2.39. The van der Waals surface area contributed by atoms with Crippen LogP contribution in [-0.4, -0.2) is 63.8 Å². The third-order valence-corrected chi connectivity index (χ3v) is 8.85. The van der Waals surface area contributed by atoms with E-state index in [9.17, 15) is 13.2 Å². The smallest absolute Gasteiger partial charge is 0.260 e. The van der Waals surface area contributed by atoms with E-state index in [-0.39, 0.29) is 23.2 Å². The summed E-state index contributed by atoms with van der Waals surface area (Å²) in [6.07, 6.45) is 0.712. The summed E-state index contributed by atoms with van der Waals surface area (Å²) in [5.74, 6) is 0.256. The van der Waals surface area contributed by atoms with Crippen molar-refractivity contribution in [1.82, 2.24) is 9.88 Å². The first-order chi connectivity index (χ1) is 15.6. The molecule has 3 aromatic rings. The van der Waals surface area contributed by atoms with Gasteiger partial charge in [-0.05, 0) is 71.2 Å². The number of sulfone groups is 1. The lowest BCUT2D eigenvalue weighted by Crippen LogP contribution is -2.33. The number of fused-ring (bicyclic) bond motifs is 1. The van der Waals surface area contributed by atoms with E-state index in [1.54, 1.807) is 50.1 Å². The van der Waals surface area contributed by atoms with Crippen molar-refractivity contribution >= 4 is 66.4 Å². The first-order valence-electron chi connectivity index (χ1n) is 10.5. The van der Waals surface area contributed by atoms with Gasteiger partial charge < -0.3 is 9.64 Å².